The van der Waals surface area contributed by atoms with E-state index in [1.807, 2.05) is 31.4 Å². The van der Waals surface area contributed by atoms with Gasteiger partial charge in [-0.25, -0.2) is 9.97 Å². The molecule has 3 aromatic heterocycles. The van der Waals surface area contributed by atoms with Gasteiger partial charge in [0, 0.05) is 12.4 Å². The van der Waals surface area contributed by atoms with Gasteiger partial charge in [0.1, 0.15) is 23.3 Å². The summed E-state index contributed by atoms with van der Waals surface area (Å²) in [6.07, 6.45) is 6.56. The SMILES string of the molecule is CN1CCC(C#N)(c2nc(-c3cccc(-n4ccnc4)n3)no2)CC1. The molecule has 1 fully saturated rings. The monoisotopic (exact) mass is 335 g/mol. The Morgan fingerprint density at radius 1 is 1.24 bits per heavy atom. The Labute approximate surface area is 144 Å². The van der Waals surface area contributed by atoms with Gasteiger partial charge in [0.05, 0.1) is 6.07 Å². The summed E-state index contributed by atoms with van der Waals surface area (Å²) in [4.78, 5) is 15.3. The van der Waals surface area contributed by atoms with Gasteiger partial charge >= 0.3 is 0 Å². The molecule has 0 aliphatic carbocycles. The highest BCUT2D eigenvalue weighted by Crippen LogP contribution is 2.34. The van der Waals surface area contributed by atoms with Crippen LogP contribution >= 0.6 is 0 Å². The third-order valence-electron chi connectivity index (χ3n) is 4.62. The predicted octanol–water partition coefficient (Wildman–Crippen LogP) is 1.80. The Hall–Kier alpha value is -3.05. The average molecular weight is 335 g/mol. The van der Waals surface area contributed by atoms with Crippen molar-refractivity contribution in [2.24, 2.45) is 0 Å². The summed E-state index contributed by atoms with van der Waals surface area (Å²) in [6.45, 7) is 1.67. The van der Waals surface area contributed by atoms with Crippen molar-refractivity contribution in [2.75, 3.05) is 20.1 Å². The van der Waals surface area contributed by atoms with E-state index in [1.54, 1.807) is 17.1 Å². The van der Waals surface area contributed by atoms with Crippen molar-refractivity contribution in [3.8, 4) is 23.4 Å². The fourth-order valence-corrected chi connectivity index (χ4v) is 2.98. The zero-order valence-electron chi connectivity index (χ0n) is 13.8. The first-order chi connectivity index (χ1) is 12.2. The first-order valence-electron chi connectivity index (χ1n) is 8.10. The summed E-state index contributed by atoms with van der Waals surface area (Å²) >= 11 is 0. The highest BCUT2D eigenvalue weighted by Gasteiger charge is 2.41. The van der Waals surface area contributed by atoms with Gasteiger partial charge < -0.3 is 9.42 Å². The second kappa shape index (κ2) is 6.11. The number of piperidine rings is 1. The Morgan fingerprint density at radius 2 is 2.08 bits per heavy atom. The van der Waals surface area contributed by atoms with E-state index in [9.17, 15) is 5.26 Å². The van der Waals surface area contributed by atoms with Crippen molar-refractivity contribution in [1.29, 1.82) is 5.26 Å². The largest absolute Gasteiger partial charge is 0.337 e. The number of imidazole rings is 1. The van der Waals surface area contributed by atoms with Crippen molar-refractivity contribution >= 4 is 0 Å². The summed E-state index contributed by atoms with van der Waals surface area (Å²) in [7, 11) is 2.05. The molecule has 4 rings (SSSR count). The van der Waals surface area contributed by atoms with Crippen LogP contribution in [0.1, 0.15) is 18.7 Å². The molecule has 0 spiro atoms. The molecule has 0 unspecified atom stereocenters. The van der Waals surface area contributed by atoms with E-state index in [2.05, 4.69) is 31.1 Å². The van der Waals surface area contributed by atoms with Crippen LogP contribution in [0.4, 0.5) is 0 Å². The Kier molecular flexibility index (Phi) is 3.78. The smallest absolute Gasteiger partial charge is 0.247 e. The maximum absolute atomic E-state index is 9.71. The molecule has 0 N–H and O–H groups in total. The minimum Gasteiger partial charge on any atom is -0.337 e. The van der Waals surface area contributed by atoms with Crippen LogP contribution in [0.5, 0.6) is 0 Å². The lowest BCUT2D eigenvalue weighted by Gasteiger charge is -2.32. The number of pyridine rings is 1. The van der Waals surface area contributed by atoms with Crippen LogP contribution in [-0.4, -0.2) is 49.7 Å². The van der Waals surface area contributed by atoms with E-state index < -0.39 is 5.41 Å². The molecule has 0 atom stereocenters. The number of aromatic nitrogens is 5. The molecule has 126 valence electrons. The number of rotatable bonds is 3. The second-order valence-corrected chi connectivity index (χ2v) is 6.27. The molecule has 0 aromatic carbocycles. The number of hydrogen-bond acceptors (Lipinski definition) is 7. The second-order valence-electron chi connectivity index (χ2n) is 6.27. The molecule has 8 heteroatoms. The van der Waals surface area contributed by atoms with E-state index >= 15 is 0 Å². The van der Waals surface area contributed by atoms with Crippen LogP contribution in [-0.2, 0) is 5.41 Å². The summed E-state index contributed by atoms with van der Waals surface area (Å²) in [5.74, 6) is 1.49. The lowest BCUT2D eigenvalue weighted by molar-refractivity contribution is 0.189. The van der Waals surface area contributed by atoms with Crippen LogP contribution < -0.4 is 0 Å². The van der Waals surface area contributed by atoms with Crippen molar-refractivity contribution in [2.45, 2.75) is 18.3 Å². The molecule has 1 aliphatic rings. The fraction of sp³-hybridized carbons (Fsp3) is 0.353. The number of nitriles is 1. The zero-order chi connectivity index (χ0) is 17.3. The van der Waals surface area contributed by atoms with Crippen LogP contribution in [0.15, 0.2) is 41.4 Å². The minimum absolute atomic E-state index is 0.382. The van der Waals surface area contributed by atoms with E-state index in [0.29, 0.717) is 30.3 Å². The predicted molar refractivity (Wildman–Crippen MR) is 88.7 cm³/mol. The van der Waals surface area contributed by atoms with Gasteiger partial charge in [-0.1, -0.05) is 11.2 Å². The number of likely N-dealkylation sites (tertiary alicyclic amines) is 1. The van der Waals surface area contributed by atoms with Crippen LogP contribution in [0.3, 0.4) is 0 Å². The number of nitrogens with zero attached hydrogens (tertiary/aromatic N) is 7. The van der Waals surface area contributed by atoms with Crippen LogP contribution in [0, 0.1) is 11.3 Å². The van der Waals surface area contributed by atoms with Gasteiger partial charge in [-0.2, -0.15) is 10.2 Å². The maximum atomic E-state index is 9.71. The van der Waals surface area contributed by atoms with E-state index in [1.165, 1.54) is 0 Å². The standard InChI is InChI=1S/C17H17N7O/c1-23-8-5-17(11-18,6-9-23)16-21-15(22-25-16)13-3-2-4-14(20-13)24-10-7-19-12-24/h2-4,7,10,12H,5-6,8-9H2,1H3. The van der Waals surface area contributed by atoms with Crippen LogP contribution in [0.2, 0.25) is 0 Å². The Morgan fingerprint density at radius 3 is 2.80 bits per heavy atom. The van der Waals surface area contributed by atoms with Gasteiger partial charge in [-0.15, -0.1) is 0 Å². The topological polar surface area (TPSA) is 96.7 Å². The van der Waals surface area contributed by atoms with Gasteiger partial charge in [0.2, 0.25) is 11.7 Å². The molecular weight excluding hydrogens is 318 g/mol. The van der Waals surface area contributed by atoms with Crippen molar-refractivity contribution in [1.82, 2.24) is 29.6 Å². The molecule has 25 heavy (non-hydrogen) atoms. The highest BCUT2D eigenvalue weighted by molar-refractivity contribution is 5.50. The highest BCUT2D eigenvalue weighted by atomic mass is 16.5. The summed E-state index contributed by atoms with van der Waals surface area (Å²) < 4.78 is 7.26. The summed E-state index contributed by atoms with van der Waals surface area (Å²) in [5, 5.41) is 13.8. The molecule has 1 saturated heterocycles. The summed E-state index contributed by atoms with van der Waals surface area (Å²) in [6, 6.07) is 7.97. The normalized spacial score (nSPS) is 17.3. The fourth-order valence-electron chi connectivity index (χ4n) is 2.98. The molecule has 0 saturated carbocycles. The molecule has 0 bridgehead atoms. The Bertz CT molecular complexity index is 901. The van der Waals surface area contributed by atoms with Gasteiger partial charge in [0.15, 0.2) is 0 Å². The first kappa shape index (κ1) is 15.5. The molecule has 4 heterocycles. The lowest BCUT2D eigenvalue weighted by Crippen LogP contribution is -2.40. The molecule has 1 aliphatic heterocycles. The minimum atomic E-state index is -0.709. The van der Waals surface area contributed by atoms with Crippen LogP contribution in [0.25, 0.3) is 17.3 Å². The zero-order valence-corrected chi connectivity index (χ0v) is 13.8. The van der Waals surface area contributed by atoms with E-state index in [0.717, 1.165) is 18.9 Å². The third kappa shape index (κ3) is 2.79. The van der Waals surface area contributed by atoms with Crippen molar-refractivity contribution < 1.29 is 4.52 Å². The average Bonchev–Trinajstić information content (AvgIpc) is 3.35. The molecule has 0 amide bonds. The number of hydrogen-bond donors (Lipinski definition) is 0. The lowest BCUT2D eigenvalue weighted by atomic mass is 9.80. The van der Waals surface area contributed by atoms with Gasteiger partial charge in [-0.05, 0) is 45.1 Å². The molecule has 8 nitrogen and oxygen atoms in total. The first-order valence-corrected chi connectivity index (χ1v) is 8.10. The summed E-state index contributed by atoms with van der Waals surface area (Å²) in [5.41, 5.74) is -0.109. The van der Waals surface area contributed by atoms with Crippen molar-refractivity contribution in [3.63, 3.8) is 0 Å². The van der Waals surface area contributed by atoms with Crippen molar-refractivity contribution in [3.05, 3.63) is 42.8 Å². The van der Waals surface area contributed by atoms with Gasteiger partial charge in [0.25, 0.3) is 0 Å². The Balaban J connectivity index is 1.66. The van der Waals surface area contributed by atoms with E-state index in [-0.39, 0.29) is 0 Å². The van der Waals surface area contributed by atoms with E-state index in [4.69, 9.17) is 4.52 Å². The van der Waals surface area contributed by atoms with Gasteiger partial charge in [-0.3, -0.25) is 4.57 Å². The third-order valence-corrected chi connectivity index (χ3v) is 4.62. The quantitative estimate of drug-likeness (QED) is 0.720. The molecule has 0 radical (unpaired) electrons. The molecular formula is C17H17N7O. The molecule has 3 aromatic rings. The maximum Gasteiger partial charge on any atom is 0.247 e.